The van der Waals surface area contributed by atoms with E-state index in [1.165, 1.54) is 0 Å². The summed E-state index contributed by atoms with van der Waals surface area (Å²) in [5.74, 6) is -2.00. The van der Waals surface area contributed by atoms with E-state index in [4.69, 9.17) is 0 Å². The molecule has 5 rings (SSSR count). The van der Waals surface area contributed by atoms with Crippen LogP contribution >= 0.6 is 15.9 Å². The van der Waals surface area contributed by atoms with Crippen molar-refractivity contribution in [3.63, 3.8) is 0 Å². The van der Waals surface area contributed by atoms with Crippen molar-refractivity contribution in [3.8, 4) is 0 Å². The Hall–Kier alpha value is -3.38. The average molecular weight is 531 g/mol. The number of urea groups is 1. The molecule has 0 radical (unpaired) electrons. The molecule has 0 unspecified atom stereocenters. The van der Waals surface area contributed by atoms with Crippen molar-refractivity contribution in [2.45, 2.75) is 13.0 Å². The van der Waals surface area contributed by atoms with Crippen molar-refractivity contribution in [3.05, 3.63) is 57.6 Å². The van der Waals surface area contributed by atoms with Crippen molar-refractivity contribution < 1.29 is 23.6 Å². The van der Waals surface area contributed by atoms with E-state index < -0.39 is 23.8 Å². The van der Waals surface area contributed by atoms with Gasteiger partial charge in [0, 0.05) is 45.3 Å². The van der Waals surface area contributed by atoms with E-state index in [1.54, 1.807) is 30.5 Å². The van der Waals surface area contributed by atoms with E-state index in [1.807, 2.05) is 4.90 Å². The fourth-order valence-corrected chi connectivity index (χ4v) is 4.72. The van der Waals surface area contributed by atoms with E-state index in [2.05, 4.69) is 31.1 Å². The minimum atomic E-state index is -0.790. The molecule has 12 heteroatoms. The van der Waals surface area contributed by atoms with Crippen LogP contribution in [0.5, 0.6) is 0 Å². The Morgan fingerprint density at radius 2 is 1.71 bits per heavy atom. The van der Waals surface area contributed by atoms with Crippen molar-refractivity contribution in [1.82, 2.24) is 25.2 Å². The first kappa shape index (κ1) is 22.4. The van der Waals surface area contributed by atoms with Crippen LogP contribution < -0.4 is 10.2 Å². The van der Waals surface area contributed by atoms with Crippen LogP contribution in [0.1, 0.15) is 32.7 Å². The number of hydrazine groups is 1. The van der Waals surface area contributed by atoms with Crippen LogP contribution in [-0.2, 0) is 11.3 Å². The number of imide groups is 2. The Bertz CT molecular complexity index is 1220. The highest BCUT2D eigenvalue weighted by molar-refractivity contribution is 9.10. The molecule has 0 aliphatic carbocycles. The third-order valence-corrected chi connectivity index (χ3v) is 6.70. The smallest absolute Gasteiger partial charge is 0.343 e. The predicted molar refractivity (Wildman–Crippen MR) is 121 cm³/mol. The second kappa shape index (κ2) is 8.76. The number of anilines is 1. The topological polar surface area (TPSA) is 106 Å². The number of carbonyl (C=O) groups is 4. The van der Waals surface area contributed by atoms with E-state index in [-0.39, 0.29) is 34.5 Å². The maximum absolute atomic E-state index is 14.4. The summed E-state index contributed by atoms with van der Waals surface area (Å²) in [6, 6.07) is 5.93. The Morgan fingerprint density at radius 1 is 0.971 bits per heavy atom. The number of nitrogens with zero attached hydrogens (tertiary/aromatic N) is 5. The highest BCUT2D eigenvalue weighted by Crippen LogP contribution is 2.28. The number of aromatic nitrogens is 1. The fraction of sp³-hybridized carbons (Fsp3) is 0.318. The quantitative estimate of drug-likeness (QED) is 0.474. The molecule has 1 aromatic heterocycles. The Balaban J connectivity index is 1.26. The maximum atomic E-state index is 14.4. The fourth-order valence-electron chi connectivity index (χ4n) is 4.40. The van der Waals surface area contributed by atoms with Crippen molar-refractivity contribution >= 4 is 45.4 Å². The number of amides is 5. The highest BCUT2D eigenvalue weighted by atomic mass is 79.9. The van der Waals surface area contributed by atoms with Crippen LogP contribution in [-0.4, -0.2) is 76.4 Å². The van der Waals surface area contributed by atoms with Crippen molar-refractivity contribution in [2.24, 2.45) is 0 Å². The number of nitrogens with one attached hydrogen (secondary N) is 1. The zero-order valence-corrected chi connectivity index (χ0v) is 19.5. The Morgan fingerprint density at radius 3 is 2.44 bits per heavy atom. The van der Waals surface area contributed by atoms with Gasteiger partial charge in [0.05, 0.1) is 23.4 Å². The second-order valence-electron chi connectivity index (χ2n) is 8.23. The van der Waals surface area contributed by atoms with Crippen LogP contribution in [0.15, 0.2) is 35.1 Å². The third-order valence-electron chi connectivity index (χ3n) is 6.15. The zero-order chi connectivity index (χ0) is 24.0. The van der Waals surface area contributed by atoms with E-state index in [0.29, 0.717) is 38.4 Å². The molecule has 1 aromatic carbocycles. The molecule has 176 valence electrons. The van der Waals surface area contributed by atoms with Gasteiger partial charge >= 0.3 is 6.03 Å². The lowest BCUT2D eigenvalue weighted by Crippen LogP contribution is -2.58. The molecule has 3 aliphatic rings. The standard InChI is InChI=1S/C22H20BrFN6O4/c23-19-18(24)16(3-5-25-19)28-9-7-27(8-10-28)12-13-1-2-14-15(11-13)21(33)30(20(14)32)29-6-4-17(31)26-22(29)34/h1-3,5,11H,4,6-10,12H2,(H,26,31,34). The molecule has 2 saturated heterocycles. The predicted octanol–water partition coefficient (Wildman–Crippen LogP) is 1.76. The first-order valence-corrected chi connectivity index (χ1v) is 11.5. The minimum absolute atomic E-state index is 0.0106. The molecule has 0 atom stereocenters. The van der Waals surface area contributed by atoms with Gasteiger partial charge < -0.3 is 4.90 Å². The van der Waals surface area contributed by atoms with Crippen molar-refractivity contribution in [2.75, 3.05) is 37.6 Å². The van der Waals surface area contributed by atoms with Gasteiger partial charge in [-0.25, -0.2) is 19.2 Å². The lowest BCUT2D eigenvalue weighted by Gasteiger charge is -2.36. The molecular weight excluding hydrogens is 511 g/mol. The molecule has 4 heterocycles. The molecular formula is C22H20BrFN6O4. The van der Waals surface area contributed by atoms with Gasteiger partial charge in [-0.2, -0.15) is 5.01 Å². The summed E-state index contributed by atoms with van der Waals surface area (Å²) in [5.41, 5.74) is 1.81. The van der Waals surface area contributed by atoms with Crippen LogP contribution in [0.25, 0.3) is 0 Å². The van der Waals surface area contributed by atoms with E-state index in [9.17, 15) is 23.6 Å². The minimum Gasteiger partial charge on any atom is -0.366 e. The van der Waals surface area contributed by atoms with Gasteiger partial charge in [0.1, 0.15) is 4.60 Å². The molecule has 2 fully saturated rings. The van der Waals surface area contributed by atoms with Crippen LogP contribution in [0.2, 0.25) is 0 Å². The lowest BCUT2D eigenvalue weighted by molar-refractivity contribution is -0.122. The van der Waals surface area contributed by atoms with E-state index >= 15 is 0 Å². The number of hydrogen-bond donors (Lipinski definition) is 1. The molecule has 2 aromatic rings. The zero-order valence-electron chi connectivity index (χ0n) is 18.0. The third kappa shape index (κ3) is 3.92. The normalized spacial score (nSPS) is 19.1. The number of fused-ring (bicyclic) bond motifs is 1. The van der Waals surface area contributed by atoms with Gasteiger partial charge in [0.2, 0.25) is 5.91 Å². The van der Waals surface area contributed by atoms with Crippen LogP contribution in [0, 0.1) is 5.82 Å². The number of carbonyl (C=O) groups excluding carboxylic acids is 4. The number of rotatable bonds is 4. The van der Waals surface area contributed by atoms with Gasteiger partial charge in [0.15, 0.2) is 5.82 Å². The van der Waals surface area contributed by atoms with Crippen LogP contribution in [0.4, 0.5) is 14.9 Å². The molecule has 1 N–H and O–H groups in total. The summed E-state index contributed by atoms with van der Waals surface area (Å²) >= 11 is 3.12. The summed E-state index contributed by atoms with van der Waals surface area (Å²) in [6.07, 6.45) is 1.57. The number of hydrogen-bond acceptors (Lipinski definition) is 7. The first-order valence-electron chi connectivity index (χ1n) is 10.7. The molecule has 0 saturated carbocycles. The first-order chi connectivity index (χ1) is 16.3. The van der Waals surface area contributed by atoms with Crippen LogP contribution in [0.3, 0.4) is 0 Å². The summed E-state index contributed by atoms with van der Waals surface area (Å²) in [6.45, 7) is 3.17. The molecule has 10 nitrogen and oxygen atoms in total. The lowest BCUT2D eigenvalue weighted by atomic mass is 10.1. The number of piperazine rings is 1. The maximum Gasteiger partial charge on any atom is 0.343 e. The summed E-state index contributed by atoms with van der Waals surface area (Å²) < 4.78 is 14.5. The summed E-state index contributed by atoms with van der Waals surface area (Å²) in [7, 11) is 0. The van der Waals surface area contributed by atoms with Gasteiger partial charge in [-0.15, -0.1) is 0 Å². The Labute approximate surface area is 202 Å². The van der Waals surface area contributed by atoms with Gasteiger partial charge in [-0.05, 0) is 39.7 Å². The highest BCUT2D eigenvalue weighted by Gasteiger charge is 2.43. The number of benzene rings is 1. The average Bonchev–Trinajstić information content (AvgIpc) is 3.06. The molecule has 5 amide bonds. The Kier molecular flexibility index (Phi) is 5.78. The van der Waals surface area contributed by atoms with Gasteiger partial charge in [0.25, 0.3) is 11.8 Å². The van der Waals surface area contributed by atoms with Gasteiger partial charge in [-0.1, -0.05) is 6.07 Å². The molecule has 3 aliphatic heterocycles. The summed E-state index contributed by atoms with van der Waals surface area (Å²) in [5, 5.41) is 3.90. The largest absolute Gasteiger partial charge is 0.366 e. The molecule has 0 spiro atoms. The molecule has 0 bridgehead atoms. The molecule has 34 heavy (non-hydrogen) atoms. The second-order valence-corrected chi connectivity index (χ2v) is 8.98. The van der Waals surface area contributed by atoms with Gasteiger partial charge in [-0.3, -0.25) is 24.6 Å². The number of halogens is 2. The summed E-state index contributed by atoms with van der Waals surface area (Å²) in [4.78, 5) is 57.4. The van der Waals surface area contributed by atoms with E-state index in [0.717, 1.165) is 15.6 Å². The number of pyridine rings is 1. The SMILES string of the molecule is O=C1CCN(N2C(=O)c3ccc(CN4CCN(c5ccnc(Br)c5F)CC4)cc3C2=O)C(=O)N1. The van der Waals surface area contributed by atoms with Crippen molar-refractivity contribution in [1.29, 1.82) is 0 Å². The monoisotopic (exact) mass is 530 g/mol.